The molecule has 1 atom stereocenters. The largest absolute Gasteiger partial charge is 0.394 e. The third-order valence-electron chi connectivity index (χ3n) is 2.31. The van der Waals surface area contributed by atoms with Crippen molar-refractivity contribution in [3.63, 3.8) is 0 Å². The van der Waals surface area contributed by atoms with E-state index in [0.29, 0.717) is 6.42 Å². The van der Waals surface area contributed by atoms with E-state index in [2.05, 4.69) is 16.7 Å². The standard InChI is InChI=1S/C10H17NO2/c1-8-3-4-9(2)11(8)6-5-10(13)7-12/h3-4,10,12-13H,5-7H2,1-2H3/t10-/m0/s1. The zero-order valence-corrected chi connectivity index (χ0v) is 8.20. The number of nitrogens with zero attached hydrogens (tertiary/aromatic N) is 1. The van der Waals surface area contributed by atoms with E-state index in [1.54, 1.807) is 0 Å². The number of aromatic nitrogens is 1. The Kier molecular flexibility index (Phi) is 3.51. The van der Waals surface area contributed by atoms with E-state index < -0.39 is 6.10 Å². The Balaban J connectivity index is 2.53. The van der Waals surface area contributed by atoms with Gasteiger partial charge in [-0.05, 0) is 32.4 Å². The molecule has 0 spiro atoms. The van der Waals surface area contributed by atoms with Gasteiger partial charge in [-0.25, -0.2) is 0 Å². The molecule has 1 rings (SSSR count). The molecule has 0 saturated heterocycles. The van der Waals surface area contributed by atoms with Crippen LogP contribution < -0.4 is 0 Å². The number of rotatable bonds is 4. The zero-order chi connectivity index (χ0) is 9.84. The van der Waals surface area contributed by atoms with Gasteiger partial charge in [-0.15, -0.1) is 0 Å². The van der Waals surface area contributed by atoms with Crippen LogP contribution in [0.3, 0.4) is 0 Å². The quantitative estimate of drug-likeness (QED) is 0.727. The molecule has 3 heteroatoms. The average Bonchev–Trinajstić information content (AvgIpc) is 2.43. The summed E-state index contributed by atoms with van der Waals surface area (Å²) in [5.74, 6) is 0. The first-order valence-corrected chi connectivity index (χ1v) is 4.57. The lowest BCUT2D eigenvalue weighted by molar-refractivity contribution is 0.0844. The third kappa shape index (κ3) is 2.57. The molecule has 2 N–H and O–H groups in total. The summed E-state index contributed by atoms with van der Waals surface area (Å²) in [7, 11) is 0. The summed E-state index contributed by atoms with van der Waals surface area (Å²) in [6, 6.07) is 4.11. The molecule has 0 bridgehead atoms. The van der Waals surface area contributed by atoms with Gasteiger partial charge in [0.1, 0.15) is 0 Å². The summed E-state index contributed by atoms with van der Waals surface area (Å²) in [6.45, 7) is 4.70. The minimum atomic E-state index is -0.596. The molecule has 1 aromatic heterocycles. The van der Waals surface area contributed by atoms with Crippen molar-refractivity contribution in [2.45, 2.75) is 32.9 Å². The van der Waals surface area contributed by atoms with Crippen LogP contribution in [0.15, 0.2) is 12.1 Å². The summed E-state index contributed by atoms with van der Waals surface area (Å²) < 4.78 is 2.14. The Hall–Kier alpha value is -0.800. The molecule has 13 heavy (non-hydrogen) atoms. The fourth-order valence-corrected chi connectivity index (χ4v) is 1.42. The molecule has 0 aliphatic heterocycles. The first-order valence-electron chi connectivity index (χ1n) is 4.57. The Morgan fingerprint density at radius 2 is 1.85 bits per heavy atom. The average molecular weight is 183 g/mol. The van der Waals surface area contributed by atoms with Crippen molar-refractivity contribution in [1.29, 1.82) is 0 Å². The fraction of sp³-hybridized carbons (Fsp3) is 0.600. The van der Waals surface area contributed by atoms with Crippen molar-refractivity contribution in [3.05, 3.63) is 23.5 Å². The topological polar surface area (TPSA) is 45.4 Å². The number of hydrogen-bond acceptors (Lipinski definition) is 2. The summed E-state index contributed by atoms with van der Waals surface area (Å²) in [4.78, 5) is 0. The summed E-state index contributed by atoms with van der Waals surface area (Å²) >= 11 is 0. The Morgan fingerprint density at radius 1 is 1.31 bits per heavy atom. The van der Waals surface area contributed by atoms with Gasteiger partial charge < -0.3 is 14.8 Å². The number of hydrogen-bond donors (Lipinski definition) is 2. The zero-order valence-electron chi connectivity index (χ0n) is 8.20. The highest BCUT2D eigenvalue weighted by Gasteiger charge is 2.04. The van der Waals surface area contributed by atoms with Crippen molar-refractivity contribution in [2.75, 3.05) is 6.61 Å². The van der Waals surface area contributed by atoms with Crippen LogP contribution in [-0.4, -0.2) is 27.5 Å². The SMILES string of the molecule is Cc1ccc(C)n1CC[C@H](O)CO. The maximum atomic E-state index is 9.18. The van der Waals surface area contributed by atoms with Crippen molar-refractivity contribution in [1.82, 2.24) is 4.57 Å². The Bertz CT molecular complexity index is 248. The second-order valence-electron chi connectivity index (χ2n) is 3.39. The second kappa shape index (κ2) is 4.44. The van der Waals surface area contributed by atoms with Gasteiger partial charge >= 0.3 is 0 Å². The number of aliphatic hydroxyl groups excluding tert-OH is 2. The predicted octanol–water partition coefficient (Wildman–Crippen LogP) is 0.848. The van der Waals surface area contributed by atoms with Crippen molar-refractivity contribution >= 4 is 0 Å². The van der Waals surface area contributed by atoms with E-state index in [1.165, 1.54) is 11.4 Å². The molecule has 0 aliphatic rings. The molecule has 3 nitrogen and oxygen atoms in total. The molecule has 0 radical (unpaired) electrons. The lowest BCUT2D eigenvalue weighted by Gasteiger charge is -2.11. The van der Waals surface area contributed by atoms with E-state index in [0.717, 1.165) is 6.54 Å². The van der Waals surface area contributed by atoms with Gasteiger partial charge in [-0.2, -0.15) is 0 Å². The normalized spacial score (nSPS) is 13.2. The number of aryl methyl sites for hydroxylation is 2. The highest BCUT2D eigenvalue weighted by molar-refractivity contribution is 5.13. The van der Waals surface area contributed by atoms with Crippen LogP contribution in [0.2, 0.25) is 0 Å². The van der Waals surface area contributed by atoms with Crippen LogP contribution in [0.5, 0.6) is 0 Å². The predicted molar refractivity (Wildman–Crippen MR) is 51.6 cm³/mol. The summed E-state index contributed by atoms with van der Waals surface area (Å²) in [6.07, 6.45) is 0.00792. The maximum absolute atomic E-state index is 9.18. The van der Waals surface area contributed by atoms with Crippen LogP contribution in [0.25, 0.3) is 0 Å². The molecular formula is C10H17NO2. The lowest BCUT2D eigenvalue weighted by Crippen LogP contribution is -2.16. The monoisotopic (exact) mass is 183 g/mol. The molecule has 1 aromatic rings. The highest BCUT2D eigenvalue weighted by atomic mass is 16.3. The molecule has 0 saturated carbocycles. The Morgan fingerprint density at radius 3 is 2.31 bits per heavy atom. The van der Waals surface area contributed by atoms with Gasteiger partial charge in [0.25, 0.3) is 0 Å². The van der Waals surface area contributed by atoms with Gasteiger partial charge in [0, 0.05) is 17.9 Å². The first-order chi connectivity index (χ1) is 6.15. The van der Waals surface area contributed by atoms with Gasteiger partial charge in [0.15, 0.2) is 0 Å². The molecule has 1 heterocycles. The molecule has 0 unspecified atom stereocenters. The molecule has 0 fully saturated rings. The van der Waals surface area contributed by atoms with Gasteiger partial charge in [0.05, 0.1) is 12.7 Å². The van der Waals surface area contributed by atoms with Crippen molar-refractivity contribution < 1.29 is 10.2 Å². The lowest BCUT2D eigenvalue weighted by atomic mass is 10.2. The van der Waals surface area contributed by atoms with Gasteiger partial charge in [-0.3, -0.25) is 0 Å². The molecule has 0 amide bonds. The number of aliphatic hydroxyl groups is 2. The molecule has 0 aliphatic carbocycles. The first kappa shape index (κ1) is 10.3. The van der Waals surface area contributed by atoms with E-state index in [1.807, 2.05) is 13.8 Å². The van der Waals surface area contributed by atoms with Gasteiger partial charge in [0.2, 0.25) is 0 Å². The van der Waals surface area contributed by atoms with E-state index in [4.69, 9.17) is 5.11 Å². The fourth-order valence-electron chi connectivity index (χ4n) is 1.42. The van der Waals surface area contributed by atoms with Crippen molar-refractivity contribution in [3.8, 4) is 0 Å². The molecule has 0 aromatic carbocycles. The minimum absolute atomic E-state index is 0.153. The van der Waals surface area contributed by atoms with Crippen LogP contribution in [-0.2, 0) is 6.54 Å². The van der Waals surface area contributed by atoms with Gasteiger partial charge in [-0.1, -0.05) is 0 Å². The van der Waals surface area contributed by atoms with Crippen LogP contribution in [0.4, 0.5) is 0 Å². The minimum Gasteiger partial charge on any atom is -0.394 e. The van der Waals surface area contributed by atoms with Crippen LogP contribution >= 0.6 is 0 Å². The molecular weight excluding hydrogens is 166 g/mol. The van der Waals surface area contributed by atoms with E-state index in [9.17, 15) is 5.11 Å². The summed E-state index contributed by atoms with van der Waals surface area (Å²) in [5.41, 5.74) is 2.39. The maximum Gasteiger partial charge on any atom is 0.0787 e. The second-order valence-corrected chi connectivity index (χ2v) is 3.39. The smallest absolute Gasteiger partial charge is 0.0787 e. The summed E-state index contributed by atoms with van der Waals surface area (Å²) in [5, 5.41) is 17.8. The Labute approximate surface area is 78.6 Å². The van der Waals surface area contributed by atoms with Crippen LogP contribution in [0.1, 0.15) is 17.8 Å². The van der Waals surface area contributed by atoms with E-state index in [-0.39, 0.29) is 6.61 Å². The van der Waals surface area contributed by atoms with Crippen LogP contribution in [0, 0.1) is 13.8 Å². The van der Waals surface area contributed by atoms with E-state index >= 15 is 0 Å². The third-order valence-corrected chi connectivity index (χ3v) is 2.31. The highest BCUT2D eigenvalue weighted by Crippen LogP contribution is 2.08. The molecule has 74 valence electrons. The van der Waals surface area contributed by atoms with Crippen molar-refractivity contribution in [2.24, 2.45) is 0 Å².